The van der Waals surface area contributed by atoms with Gasteiger partial charge in [0.25, 0.3) is 0 Å². The average Bonchev–Trinajstić information content (AvgIpc) is 3.00. The molecule has 1 aromatic heterocycles. The summed E-state index contributed by atoms with van der Waals surface area (Å²) in [6, 6.07) is 0. The Morgan fingerprint density at radius 1 is 1.61 bits per heavy atom. The Morgan fingerprint density at radius 3 is 2.96 bits per heavy atom. The number of nitrogens with two attached hydrogens (primary N) is 1. The smallest absolute Gasteiger partial charge is 0.308 e. The van der Waals surface area contributed by atoms with Crippen LogP contribution in [-0.2, 0) is 15.3 Å². The van der Waals surface area contributed by atoms with Crippen LogP contribution in [0, 0.1) is 0 Å². The molecule has 1 fully saturated rings. The topological polar surface area (TPSA) is 175 Å². The van der Waals surface area contributed by atoms with Crippen molar-refractivity contribution in [1.29, 1.82) is 0 Å². The zero-order valence-electron chi connectivity index (χ0n) is 12.0. The predicted octanol–water partition coefficient (Wildman–Crippen LogP) is -2.12. The standard InChI is InChI=1S/C12H17N5O6/c13-11-15-10-9(12(22,16-11)2-8(20)21)14-4-17(10)7-1-5(19)6(3-18)23-7/h4-7,18-19,22H,1-3H2,(H,20,21)(H3,13,15,16)/t5-,6+,7+,12?/m0/s1. The fourth-order valence-corrected chi connectivity index (χ4v) is 2.78. The Kier molecular flexibility index (Phi) is 3.72. The molecule has 4 atom stereocenters. The highest BCUT2D eigenvalue weighted by Crippen LogP contribution is 2.38. The molecule has 0 amide bonds. The minimum absolute atomic E-state index is 0.000335. The van der Waals surface area contributed by atoms with Crippen LogP contribution >= 0.6 is 0 Å². The number of nitrogens with zero attached hydrogens (tertiary/aromatic N) is 3. The number of nitrogens with one attached hydrogen (secondary N) is 1. The van der Waals surface area contributed by atoms with Crippen LogP contribution in [-0.4, -0.2) is 60.7 Å². The summed E-state index contributed by atoms with van der Waals surface area (Å²) >= 11 is 0. The number of carbonyl (C=O) groups is 1. The second kappa shape index (κ2) is 5.45. The molecule has 1 unspecified atom stereocenters. The second-order valence-electron chi connectivity index (χ2n) is 5.47. The van der Waals surface area contributed by atoms with Crippen molar-refractivity contribution >= 4 is 17.7 Å². The summed E-state index contributed by atoms with van der Waals surface area (Å²) in [5.74, 6) is -1.20. The number of anilines is 1. The summed E-state index contributed by atoms with van der Waals surface area (Å²) in [6.07, 6.45) is -1.40. The van der Waals surface area contributed by atoms with Crippen molar-refractivity contribution in [2.75, 3.05) is 11.9 Å². The van der Waals surface area contributed by atoms with Crippen molar-refractivity contribution in [3.63, 3.8) is 0 Å². The lowest BCUT2D eigenvalue weighted by atomic mass is 10.1. The van der Waals surface area contributed by atoms with Gasteiger partial charge in [0.15, 0.2) is 5.96 Å². The summed E-state index contributed by atoms with van der Waals surface area (Å²) in [5.41, 5.74) is 3.53. The number of ether oxygens (including phenoxy) is 1. The molecular weight excluding hydrogens is 310 g/mol. The number of imidazole rings is 1. The number of hydrogen-bond acceptors (Lipinski definition) is 9. The molecular formula is C12H17N5O6. The number of carboxylic acids is 1. The highest BCUT2D eigenvalue weighted by Gasteiger charge is 2.43. The first-order valence-electron chi connectivity index (χ1n) is 6.92. The largest absolute Gasteiger partial charge is 0.481 e. The Balaban J connectivity index is 1.95. The van der Waals surface area contributed by atoms with Crippen molar-refractivity contribution in [2.24, 2.45) is 10.7 Å². The predicted molar refractivity (Wildman–Crippen MR) is 75.2 cm³/mol. The Bertz CT molecular complexity index is 660. The van der Waals surface area contributed by atoms with Crippen LogP contribution in [0.1, 0.15) is 24.8 Å². The van der Waals surface area contributed by atoms with E-state index >= 15 is 0 Å². The molecule has 11 heteroatoms. The molecule has 0 aromatic carbocycles. The van der Waals surface area contributed by atoms with E-state index in [9.17, 15) is 15.0 Å². The molecule has 11 nitrogen and oxygen atoms in total. The molecule has 3 heterocycles. The third-order valence-electron chi connectivity index (χ3n) is 3.82. The quantitative estimate of drug-likeness (QED) is 0.361. The zero-order chi connectivity index (χ0) is 16.8. The van der Waals surface area contributed by atoms with Crippen LogP contribution in [0.4, 0.5) is 5.82 Å². The molecule has 2 aliphatic heterocycles. The molecule has 23 heavy (non-hydrogen) atoms. The van der Waals surface area contributed by atoms with E-state index in [1.54, 1.807) is 0 Å². The van der Waals surface area contributed by atoms with Crippen molar-refractivity contribution in [3.05, 3.63) is 12.0 Å². The van der Waals surface area contributed by atoms with Crippen LogP contribution in [0.3, 0.4) is 0 Å². The fourth-order valence-electron chi connectivity index (χ4n) is 2.78. The molecule has 0 spiro atoms. The molecule has 7 N–H and O–H groups in total. The summed E-state index contributed by atoms with van der Waals surface area (Å²) < 4.78 is 7.00. The number of aliphatic imine (C=N–C) groups is 1. The van der Waals surface area contributed by atoms with Crippen molar-refractivity contribution < 1.29 is 30.0 Å². The number of aromatic nitrogens is 2. The van der Waals surface area contributed by atoms with E-state index in [1.165, 1.54) is 10.9 Å². The van der Waals surface area contributed by atoms with E-state index in [-0.39, 0.29) is 30.5 Å². The van der Waals surface area contributed by atoms with Gasteiger partial charge in [0.05, 0.1) is 19.0 Å². The average molecular weight is 327 g/mol. The first kappa shape index (κ1) is 15.7. The normalized spacial score (nSPS) is 33.0. The Labute approximate surface area is 130 Å². The van der Waals surface area contributed by atoms with Gasteiger partial charge in [0.1, 0.15) is 30.3 Å². The van der Waals surface area contributed by atoms with Crippen molar-refractivity contribution in [2.45, 2.75) is 37.0 Å². The maximum Gasteiger partial charge on any atom is 0.308 e. The Morgan fingerprint density at radius 2 is 2.35 bits per heavy atom. The van der Waals surface area contributed by atoms with E-state index in [0.717, 1.165) is 0 Å². The molecule has 0 radical (unpaired) electrons. The molecule has 1 saturated heterocycles. The van der Waals surface area contributed by atoms with E-state index in [2.05, 4.69) is 15.3 Å². The number of guanidine groups is 1. The van der Waals surface area contributed by atoms with E-state index in [1.807, 2.05) is 0 Å². The van der Waals surface area contributed by atoms with Gasteiger partial charge in [0.2, 0.25) is 5.72 Å². The third-order valence-corrected chi connectivity index (χ3v) is 3.82. The summed E-state index contributed by atoms with van der Waals surface area (Å²) in [6.45, 7) is -0.339. The monoisotopic (exact) mass is 327 g/mol. The third kappa shape index (κ3) is 2.63. The number of fused-ring (bicyclic) bond motifs is 1. The van der Waals surface area contributed by atoms with E-state index in [0.29, 0.717) is 0 Å². The van der Waals surface area contributed by atoms with Crippen LogP contribution in [0.2, 0.25) is 0 Å². The maximum absolute atomic E-state index is 11.0. The van der Waals surface area contributed by atoms with Gasteiger partial charge >= 0.3 is 5.97 Å². The van der Waals surface area contributed by atoms with Gasteiger partial charge in [-0.05, 0) is 0 Å². The summed E-state index contributed by atoms with van der Waals surface area (Å²) in [7, 11) is 0. The molecule has 0 aliphatic carbocycles. The first-order valence-corrected chi connectivity index (χ1v) is 6.92. The van der Waals surface area contributed by atoms with Crippen LogP contribution < -0.4 is 11.1 Å². The lowest BCUT2D eigenvalue weighted by Gasteiger charge is -2.28. The van der Waals surface area contributed by atoms with E-state index < -0.39 is 36.6 Å². The van der Waals surface area contributed by atoms with Gasteiger partial charge < -0.3 is 36.2 Å². The molecule has 0 saturated carbocycles. The number of aliphatic hydroxyl groups is 3. The highest BCUT2D eigenvalue weighted by molar-refractivity contribution is 5.94. The van der Waals surface area contributed by atoms with Gasteiger partial charge in [-0.25, -0.2) is 9.98 Å². The van der Waals surface area contributed by atoms with Gasteiger partial charge in [-0.15, -0.1) is 0 Å². The number of hydrogen-bond donors (Lipinski definition) is 6. The number of aliphatic carboxylic acids is 1. The molecule has 2 aliphatic rings. The summed E-state index contributed by atoms with van der Waals surface area (Å²) in [4.78, 5) is 18.7. The Hall–Kier alpha value is -2.21. The van der Waals surface area contributed by atoms with E-state index in [4.69, 9.17) is 20.7 Å². The maximum atomic E-state index is 11.0. The lowest BCUT2D eigenvalue weighted by molar-refractivity contribution is -0.142. The highest BCUT2D eigenvalue weighted by atomic mass is 16.5. The minimum Gasteiger partial charge on any atom is -0.481 e. The van der Waals surface area contributed by atoms with Gasteiger partial charge in [0, 0.05) is 6.42 Å². The fraction of sp³-hybridized carbons (Fsp3) is 0.583. The van der Waals surface area contributed by atoms with Gasteiger partial charge in [-0.2, -0.15) is 0 Å². The minimum atomic E-state index is -2.09. The number of aliphatic hydroxyl groups excluding tert-OH is 2. The SMILES string of the molecule is NC1=NC(O)(CC(=O)O)c2ncn([C@H]3C[C@H](O)[C@@H](CO)O3)c2N1. The van der Waals surface area contributed by atoms with Crippen LogP contribution in [0.25, 0.3) is 0 Å². The summed E-state index contributed by atoms with van der Waals surface area (Å²) in [5, 5.41) is 41.1. The van der Waals surface area contributed by atoms with Gasteiger partial charge in [-0.1, -0.05) is 0 Å². The molecule has 126 valence electrons. The van der Waals surface area contributed by atoms with Crippen LogP contribution in [0.5, 0.6) is 0 Å². The van der Waals surface area contributed by atoms with Crippen molar-refractivity contribution in [3.8, 4) is 0 Å². The van der Waals surface area contributed by atoms with Crippen LogP contribution in [0.15, 0.2) is 11.3 Å². The molecule has 0 bridgehead atoms. The first-order chi connectivity index (χ1) is 10.8. The van der Waals surface area contributed by atoms with Gasteiger partial charge in [-0.3, -0.25) is 9.36 Å². The number of rotatable bonds is 4. The molecule has 3 rings (SSSR count). The molecule has 1 aromatic rings. The zero-order valence-corrected chi connectivity index (χ0v) is 12.0. The lowest BCUT2D eigenvalue weighted by Crippen LogP contribution is -2.39. The second-order valence-corrected chi connectivity index (χ2v) is 5.47. The van der Waals surface area contributed by atoms with Crippen molar-refractivity contribution in [1.82, 2.24) is 9.55 Å². The number of carboxylic acid groups (broad SMARTS) is 1.